The monoisotopic (exact) mass is 544 g/mol. The zero-order valence-corrected chi connectivity index (χ0v) is 21.8. The predicted octanol–water partition coefficient (Wildman–Crippen LogP) is 4.17. The Morgan fingerprint density at radius 2 is 1.71 bits per heavy atom. The van der Waals surface area contributed by atoms with Gasteiger partial charge < -0.3 is 20.6 Å². The maximum absolute atomic E-state index is 12.6. The number of piperidine rings is 1. The van der Waals surface area contributed by atoms with Gasteiger partial charge >= 0.3 is 0 Å². The molecule has 1 aromatic rings. The van der Waals surface area contributed by atoms with Crippen molar-refractivity contribution in [2.45, 2.75) is 65.8 Å². The number of guanidine groups is 1. The number of carbonyl (C=O) groups is 1. The minimum absolute atomic E-state index is 0. The second-order valence-corrected chi connectivity index (χ2v) is 8.28. The summed E-state index contributed by atoms with van der Waals surface area (Å²) in [6, 6.07) is 7.84. The van der Waals surface area contributed by atoms with Crippen LogP contribution in [0.5, 0.6) is 0 Å². The number of aliphatic hydroxyl groups is 1. The number of hydrogen-bond donors (Lipinski definition) is 3. The molecule has 0 saturated carbocycles. The summed E-state index contributed by atoms with van der Waals surface area (Å²) in [4.78, 5) is 19.3. The minimum Gasteiger partial charge on any atom is -0.396 e. The number of amides is 1. The van der Waals surface area contributed by atoms with Gasteiger partial charge in [0.1, 0.15) is 0 Å². The van der Waals surface area contributed by atoms with Gasteiger partial charge in [0.25, 0.3) is 5.91 Å². The molecule has 1 saturated heterocycles. The van der Waals surface area contributed by atoms with Gasteiger partial charge in [-0.2, -0.15) is 0 Å². The fraction of sp³-hybridized carbons (Fsp3) is 0.667. The van der Waals surface area contributed by atoms with E-state index in [-0.39, 0.29) is 41.9 Å². The third-order valence-electron chi connectivity index (χ3n) is 6.38. The molecule has 1 aromatic carbocycles. The lowest BCUT2D eigenvalue weighted by Crippen LogP contribution is -2.43. The Bertz CT molecular complexity index is 669. The van der Waals surface area contributed by atoms with E-state index in [9.17, 15) is 9.90 Å². The number of rotatable bonds is 10. The van der Waals surface area contributed by atoms with Crippen LogP contribution < -0.4 is 10.6 Å². The molecular weight excluding hydrogens is 503 g/mol. The number of aliphatic hydroxyl groups excluding tert-OH is 1. The number of likely N-dealkylation sites (tertiary alicyclic amines) is 1. The Labute approximate surface area is 205 Å². The number of halogens is 1. The van der Waals surface area contributed by atoms with E-state index in [1.807, 2.05) is 29.2 Å². The van der Waals surface area contributed by atoms with E-state index in [0.29, 0.717) is 6.54 Å². The number of hydrogen-bond acceptors (Lipinski definition) is 3. The maximum Gasteiger partial charge on any atom is 0.253 e. The molecule has 0 aromatic heterocycles. The number of benzene rings is 1. The van der Waals surface area contributed by atoms with Gasteiger partial charge in [0, 0.05) is 38.3 Å². The lowest BCUT2D eigenvalue weighted by Gasteiger charge is -2.32. The van der Waals surface area contributed by atoms with Crippen molar-refractivity contribution in [3.05, 3.63) is 35.4 Å². The highest BCUT2D eigenvalue weighted by atomic mass is 127. The molecule has 1 fully saturated rings. The van der Waals surface area contributed by atoms with Crippen molar-refractivity contribution in [2.24, 2.45) is 10.4 Å². The van der Waals surface area contributed by atoms with Crippen LogP contribution >= 0.6 is 24.0 Å². The summed E-state index contributed by atoms with van der Waals surface area (Å²) >= 11 is 0. The fourth-order valence-corrected chi connectivity index (χ4v) is 3.99. The topological polar surface area (TPSA) is 77.0 Å². The number of aliphatic imine (C=N–C) groups is 1. The molecule has 1 heterocycles. The van der Waals surface area contributed by atoms with Gasteiger partial charge in [-0.1, -0.05) is 26.0 Å². The summed E-state index contributed by atoms with van der Waals surface area (Å²) in [6.45, 7) is 10.5. The lowest BCUT2D eigenvalue weighted by molar-refractivity contribution is 0.0724. The van der Waals surface area contributed by atoms with E-state index < -0.39 is 0 Å². The molecule has 0 bridgehead atoms. The third-order valence-corrected chi connectivity index (χ3v) is 6.38. The number of nitrogens with one attached hydrogen (secondary N) is 2. The second-order valence-electron chi connectivity index (χ2n) is 8.28. The predicted molar refractivity (Wildman–Crippen MR) is 139 cm³/mol. The van der Waals surface area contributed by atoms with Crippen molar-refractivity contribution >= 4 is 35.8 Å². The molecule has 7 heteroatoms. The van der Waals surface area contributed by atoms with E-state index in [1.165, 1.54) is 6.42 Å². The second kappa shape index (κ2) is 14.7. The molecule has 6 nitrogen and oxygen atoms in total. The van der Waals surface area contributed by atoms with E-state index in [4.69, 9.17) is 4.99 Å². The van der Waals surface area contributed by atoms with Crippen LogP contribution in [0.4, 0.5) is 0 Å². The van der Waals surface area contributed by atoms with Crippen LogP contribution in [0.2, 0.25) is 0 Å². The molecule has 0 spiro atoms. The van der Waals surface area contributed by atoms with Crippen molar-refractivity contribution in [3.8, 4) is 0 Å². The first kappa shape index (κ1) is 27.7. The Morgan fingerprint density at radius 1 is 1.06 bits per heavy atom. The Kier molecular flexibility index (Phi) is 13.1. The first-order valence-corrected chi connectivity index (χ1v) is 11.6. The van der Waals surface area contributed by atoms with Crippen molar-refractivity contribution in [3.63, 3.8) is 0 Å². The Morgan fingerprint density at radius 3 is 2.26 bits per heavy atom. The molecular formula is C24H41IN4O2. The van der Waals surface area contributed by atoms with E-state index >= 15 is 0 Å². The molecule has 0 atom stereocenters. The highest BCUT2D eigenvalue weighted by molar-refractivity contribution is 14.0. The maximum atomic E-state index is 12.6. The van der Waals surface area contributed by atoms with Crippen LogP contribution in [-0.2, 0) is 6.54 Å². The zero-order chi connectivity index (χ0) is 21.8. The van der Waals surface area contributed by atoms with Gasteiger partial charge in [-0.15, -0.1) is 24.0 Å². The minimum atomic E-state index is 0. The quantitative estimate of drug-likeness (QED) is 0.235. The summed E-state index contributed by atoms with van der Waals surface area (Å²) < 4.78 is 0. The van der Waals surface area contributed by atoms with Crippen LogP contribution in [0, 0.1) is 5.41 Å². The molecule has 176 valence electrons. The normalized spacial score (nSPS) is 14.7. The van der Waals surface area contributed by atoms with Crippen LogP contribution in [0.25, 0.3) is 0 Å². The molecule has 0 unspecified atom stereocenters. The SMILES string of the molecule is CCNC(=NCc1ccc(C(=O)N2CCCCC2)cc1)NCC(CC)(CC)CCO.I. The number of carbonyl (C=O) groups excluding carboxylic acids is 1. The smallest absolute Gasteiger partial charge is 0.253 e. The standard InChI is InChI=1S/C24H40N4O2.HI/c1-4-24(5-2,14-17-29)19-27-23(25-6-3)26-18-20-10-12-21(13-11-20)22(30)28-15-8-7-9-16-28;/h10-13,29H,4-9,14-19H2,1-3H3,(H2,25,26,27);1H. The first-order chi connectivity index (χ1) is 14.6. The number of nitrogens with zero attached hydrogens (tertiary/aromatic N) is 2. The van der Waals surface area contributed by atoms with Gasteiger partial charge in [0.15, 0.2) is 5.96 Å². The molecule has 1 aliphatic heterocycles. The van der Waals surface area contributed by atoms with E-state index in [0.717, 1.165) is 75.4 Å². The summed E-state index contributed by atoms with van der Waals surface area (Å²) in [7, 11) is 0. The summed E-state index contributed by atoms with van der Waals surface area (Å²) in [5, 5.41) is 16.2. The third kappa shape index (κ3) is 8.60. The van der Waals surface area contributed by atoms with Crippen molar-refractivity contribution in [2.75, 3.05) is 32.8 Å². The van der Waals surface area contributed by atoms with Gasteiger partial charge in [-0.25, -0.2) is 4.99 Å². The van der Waals surface area contributed by atoms with Gasteiger partial charge in [0.2, 0.25) is 0 Å². The first-order valence-electron chi connectivity index (χ1n) is 11.6. The zero-order valence-electron chi connectivity index (χ0n) is 19.5. The average molecular weight is 545 g/mol. The molecule has 0 radical (unpaired) electrons. The van der Waals surface area contributed by atoms with Gasteiger partial charge in [-0.3, -0.25) is 4.79 Å². The van der Waals surface area contributed by atoms with Crippen LogP contribution in [0.1, 0.15) is 75.2 Å². The molecule has 0 aliphatic carbocycles. The van der Waals surface area contributed by atoms with Crippen LogP contribution in [0.15, 0.2) is 29.3 Å². The lowest BCUT2D eigenvalue weighted by atomic mass is 9.79. The molecule has 3 N–H and O–H groups in total. The van der Waals surface area contributed by atoms with E-state index in [2.05, 4.69) is 31.4 Å². The van der Waals surface area contributed by atoms with E-state index in [1.54, 1.807) is 0 Å². The highest BCUT2D eigenvalue weighted by Gasteiger charge is 2.25. The summed E-state index contributed by atoms with van der Waals surface area (Å²) in [5.41, 5.74) is 1.92. The van der Waals surface area contributed by atoms with Crippen LogP contribution in [0.3, 0.4) is 0 Å². The van der Waals surface area contributed by atoms with Crippen molar-refractivity contribution < 1.29 is 9.90 Å². The largest absolute Gasteiger partial charge is 0.396 e. The fourth-order valence-electron chi connectivity index (χ4n) is 3.99. The highest BCUT2D eigenvalue weighted by Crippen LogP contribution is 2.29. The van der Waals surface area contributed by atoms with Gasteiger partial charge in [0.05, 0.1) is 6.54 Å². The van der Waals surface area contributed by atoms with Crippen LogP contribution in [-0.4, -0.2) is 54.7 Å². The van der Waals surface area contributed by atoms with Gasteiger partial charge in [-0.05, 0) is 68.6 Å². The molecule has 2 rings (SSSR count). The Hall–Kier alpha value is -1.35. The van der Waals surface area contributed by atoms with Crippen molar-refractivity contribution in [1.82, 2.24) is 15.5 Å². The van der Waals surface area contributed by atoms with Crippen molar-refractivity contribution in [1.29, 1.82) is 0 Å². The average Bonchev–Trinajstić information content (AvgIpc) is 2.80. The molecule has 1 amide bonds. The summed E-state index contributed by atoms with van der Waals surface area (Å²) in [5.74, 6) is 0.925. The molecule has 31 heavy (non-hydrogen) atoms. The Balaban J connectivity index is 0.00000480. The molecule has 1 aliphatic rings. The summed E-state index contributed by atoms with van der Waals surface area (Å²) in [6.07, 6.45) is 6.26.